The van der Waals surface area contributed by atoms with Crippen LogP contribution in [0.25, 0.3) is 0 Å². The van der Waals surface area contributed by atoms with Gasteiger partial charge in [0, 0.05) is 22.0 Å². The van der Waals surface area contributed by atoms with Crippen molar-refractivity contribution in [2.45, 2.75) is 6.54 Å². The molecule has 0 bridgehead atoms. The molecule has 2 aromatic heterocycles. The monoisotopic (exact) mass is 316 g/mol. The summed E-state index contributed by atoms with van der Waals surface area (Å²) in [7, 11) is 0. The first-order valence-electron chi connectivity index (χ1n) is 6.29. The number of aromatic nitrogens is 1. The first-order chi connectivity index (χ1) is 10.3. The smallest absolute Gasteiger partial charge is 0.278 e. The van der Waals surface area contributed by atoms with E-state index in [1.165, 1.54) is 11.3 Å². The Hall–Kier alpha value is -2.18. The highest BCUT2D eigenvalue weighted by Crippen LogP contribution is 2.23. The molecule has 0 aliphatic carbocycles. The number of nitrogens with zero attached hydrogens (tertiary/aromatic N) is 1. The predicted molar refractivity (Wildman–Crippen MR) is 84.1 cm³/mol. The number of hydrogen-bond donors (Lipinski definition) is 1. The lowest BCUT2D eigenvalue weighted by atomic mass is 10.2. The molecule has 1 amide bonds. The van der Waals surface area contributed by atoms with E-state index in [4.69, 9.17) is 4.74 Å². The molecule has 0 saturated heterocycles. The lowest BCUT2D eigenvalue weighted by Gasteiger charge is -2.05. The number of thiazole rings is 1. The molecule has 1 aromatic carbocycles. The Balaban J connectivity index is 1.59. The highest BCUT2D eigenvalue weighted by molar-refractivity contribution is 7.11. The van der Waals surface area contributed by atoms with Gasteiger partial charge in [-0.2, -0.15) is 0 Å². The van der Waals surface area contributed by atoms with Crippen molar-refractivity contribution >= 4 is 28.6 Å². The molecule has 1 N–H and O–H groups in total. The molecule has 0 unspecified atom stereocenters. The van der Waals surface area contributed by atoms with E-state index in [0.29, 0.717) is 23.1 Å². The van der Waals surface area contributed by atoms with Crippen molar-refractivity contribution in [1.29, 1.82) is 0 Å². The van der Waals surface area contributed by atoms with E-state index in [1.807, 2.05) is 22.9 Å². The maximum atomic E-state index is 12.0. The van der Waals surface area contributed by atoms with Crippen LogP contribution in [0.5, 0.6) is 10.9 Å². The highest BCUT2D eigenvalue weighted by atomic mass is 32.1. The summed E-state index contributed by atoms with van der Waals surface area (Å²) < 4.78 is 5.55. The van der Waals surface area contributed by atoms with Gasteiger partial charge in [-0.15, -0.1) is 11.3 Å². The van der Waals surface area contributed by atoms with Crippen LogP contribution in [0.2, 0.25) is 0 Å². The minimum absolute atomic E-state index is 0.0933. The van der Waals surface area contributed by atoms with Crippen LogP contribution in [0.15, 0.2) is 53.4 Å². The van der Waals surface area contributed by atoms with Crippen LogP contribution < -0.4 is 10.1 Å². The molecule has 106 valence electrons. The van der Waals surface area contributed by atoms with Crippen molar-refractivity contribution in [3.63, 3.8) is 0 Å². The quantitative estimate of drug-likeness (QED) is 0.776. The van der Waals surface area contributed by atoms with Crippen molar-refractivity contribution in [3.05, 3.63) is 63.8 Å². The van der Waals surface area contributed by atoms with Gasteiger partial charge in [0.2, 0.25) is 0 Å². The zero-order valence-corrected chi connectivity index (χ0v) is 12.6. The van der Waals surface area contributed by atoms with Crippen LogP contribution in [-0.2, 0) is 6.54 Å². The number of nitrogens with one attached hydrogen (secondary N) is 1. The Bertz CT molecular complexity index is 692. The molecule has 6 heteroatoms. The molecule has 3 rings (SSSR count). The Morgan fingerprint density at radius 3 is 2.67 bits per heavy atom. The van der Waals surface area contributed by atoms with Gasteiger partial charge in [0.1, 0.15) is 5.75 Å². The summed E-state index contributed by atoms with van der Waals surface area (Å²) >= 11 is 3.05. The van der Waals surface area contributed by atoms with Crippen LogP contribution in [0.4, 0.5) is 0 Å². The minimum Gasteiger partial charge on any atom is -0.431 e. The number of amides is 1. The average Bonchev–Trinajstić information content (AvgIpc) is 3.19. The van der Waals surface area contributed by atoms with E-state index < -0.39 is 0 Å². The van der Waals surface area contributed by atoms with Gasteiger partial charge >= 0.3 is 0 Å². The zero-order chi connectivity index (χ0) is 14.5. The maximum Gasteiger partial charge on any atom is 0.278 e. The van der Waals surface area contributed by atoms with E-state index in [0.717, 1.165) is 4.88 Å². The highest BCUT2D eigenvalue weighted by Gasteiger charge is 2.06. The molecule has 2 heterocycles. The summed E-state index contributed by atoms with van der Waals surface area (Å²) in [4.78, 5) is 17.2. The van der Waals surface area contributed by atoms with Crippen LogP contribution in [-0.4, -0.2) is 10.9 Å². The first-order valence-corrected chi connectivity index (χ1v) is 8.05. The van der Waals surface area contributed by atoms with E-state index in [1.54, 1.807) is 41.8 Å². The number of carbonyl (C=O) groups is 1. The average molecular weight is 316 g/mol. The maximum absolute atomic E-state index is 12.0. The SMILES string of the molecule is O=C(NCc1cccs1)c1ccc(Oc2nccs2)cc1. The van der Waals surface area contributed by atoms with Crippen molar-refractivity contribution < 1.29 is 9.53 Å². The van der Waals surface area contributed by atoms with Crippen LogP contribution in [0.3, 0.4) is 0 Å². The predicted octanol–water partition coefficient (Wildman–Crippen LogP) is 3.93. The van der Waals surface area contributed by atoms with Gasteiger partial charge in [-0.25, -0.2) is 4.98 Å². The van der Waals surface area contributed by atoms with Gasteiger partial charge in [-0.05, 0) is 35.7 Å². The summed E-state index contributed by atoms with van der Waals surface area (Å²) in [5.74, 6) is 0.573. The molecular formula is C15H12N2O2S2. The topological polar surface area (TPSA) is 51.2 Å². The van der Waals surface area contributed by atoms with Crippen LogP contribution in [0, 0.1) is 0 Å². The summed E-state index contributed by atoms with van der Waals surface area (Å²) in [6.45, 7) is 0.549. The standard InChI is InChI=1S/C15H12N2O2S2/c18-14(17-10-13-2-1-8-20-13)11-3-5-12(6-4-11)19-15-16-7-9-21-15/h1-9H,10H2,(H,17,18). The Kier molecular flexibility index (Phi) is 4.28. The molecule has 4 nitrogen and oxygen atoms in total. The second-order valence-electron chi connectivity index (χ2n) is 4.19. The normalized spacial score (nSPS) is 10.3. The summed E-state index contributed by atoms with van der Waals surface area (Å²) in [6, 6.07) is 11.0. The Morgan fingerprint density at radius 1 is 1.14 bits per heavy atom. The van der Waals surface area contributed by atoms with E-state index in [2.05, 4.69) is 10.3 Å². The van der Waals surface area contributed by atoms with Gasteiger partial charge < -0.3 is 10.1 Å². The Labute approximate surface area is 130 Å². The van der Waals surface area contributed by atoms with E-state index >= 15 is 0 Å². The lowest BCUT2D eigenvalue weighted by molar-refractivity contribution is 0.0951. The second kappa shape index (κ2) is 6.51. The summed E-state index contributed by atoms with van der Waals surface area (Å²) in [5, 5.41) is 7.32. The number of ether oxygens (including phenoxy) is 1. The second-order valence-corrected chi connectivity index (χ2v) is 6.08. The van der Waals surface area contributed by atoms with Gasteiger partial charge in [-0.1, -0.05) is 17.4 Å². The van der Waals surface area contributed by atoms with Crippen molar-refractivity contribution in [2.24, 2.45) is 0 Å². The number of hydrogen-bond acceptors (Lipinski definition) is 5. The molecule has 0 spiro atoms. The lowest BCUT2D eigenvalue weighted by Crippen LogP contribution is -2.22. The van der Waals surface area contributed by atoms with Gasteiger partial charge in [-0.3, -0.25) is 4.79 Å². The molecule has 21 heavy (non-hydrogen) atoms. The van der Waals surface area contributed by atoms with Crippen LogP contribution in [0.1, 0.15) is 15.2 Å². The first kappa shape index (κ1) is 13.8. The fourth-order valence-electron chi connectivity index (χ4n) is 1.72. The van der Waals surface area contributed by atoms with Crippen molar-refractivity contribution in [3.8, 4) is 10.9 Å². The number of carbonyl (C=O) groups excluding carboxylic acids is 1. The fraction of sp³-hybridized carbons (Fsp3) is 0.0667. The minimum atomic E-state index is -0.0933. The summed E-state index contributed by atoms with van der Waals surface area (Å²) in [6.07, 6.45) is 1.69. The number of benzene rings is 1. The molecule has 0 saturated carbocycles. The molecule has 3 aromatic rings. The van der Waals surface area contributed by atoms with E-state index in [-0.39, 0.29) is 5.91 Å². The van der Waals surface area contributed by atoms with Crippen molar-refractivity contribution in [1.82, 2.24) is 10.3 Å². The van der Waals surface area contributed by atoms with Gasteiger partial charge in [0.15, 0.2) is 0 Å². The van der Waals surface area contributed by atoms with Gasteiger partial charge in [0.25, 0.3) is 11.1 Å². The third-order valence-corrected chi connectivity index (χ3v) is 4.26. The van der Waals surface area contributed by atoms with Crippen molar-refractivity contribution in [2.75, 3.05) is 0 Å². The largest absolute Gasteiger partial charge is 0.431 e. The zero-order valence-electron chi connectivity index (χ0n) is 11.0. The molecule has 0 radical (unpaired) electrons. The molecule has 0 fully saturated rings. The van der Waals surface area contributed by atoms with E-state index in [9.17, 15) is 4.79 Å². The molecular weight excluding hydrogens is 304 g/mol. The third-order valence-electron chi connectivity index (χ3n) is 2.73. The fourth-order valence-corrected chi connectivity index (χ4v) is 2.87. The van der Waals surface area contributed by atoms with Gasteiger partial charge in [0.05, 0.1) is 6.54 Å². The third kappa shape index (κ3) is 3.68. The molecule has 0 aliphatic rings. The summed E-state index contributed by atoms with van der Waals surface area (Å²) in [5.41, 5.74) is 0.609. The number of rotatable bonds is 5. The Morgan fingerprint density at radius 2 is 2.00 bits per heavy atom. The molecule has 0 aliphatic heterocycles. The molecule has 0 atom stereocenters. The van der Waals surface area contributed by atoms with Crippen LogP contribution >= 0.6 is 22.7 Å². The number of thiophene rings is 1.